The van der Waals surface area contributed by atoms with Gasteiger partial charge in [-0.1, -0.05) is 6.07 Å². The number of nitrogens with zero attached hydrogens (tertiary/aromatic N) is 1. The summed E-state index contributed by atoms with van der Waals surface area (Å²) in [5, 5.41) is 12.9. The van der Waals surface area contributed by atoms with Crippen molar-refractivity contribution >= 4 is 0 Å². The highest BCUT2D eigenvalue weighted by molar-refractivity contribution is 5.23. The predicted molar refractivity (Wildman–Crippen MR) is 62.5 cm³/mol. The van der Waals surface area contributed by atoms with Gasteiger partial charge < -0.3 is 10.4 Å². The molecular weight excluding hydrogens is 200 g/mol. The van der Waals surface area contributed by atoms with E-state index in [1.165, 1.54) is 44.2 Å². The van der Waals surface area contributed by atoms with Crippen LogP contribution in [-0.4, -0.2) is 22.2 Å². The summed E-state index contributed by atoms with van der Waals surface area (Å²) in [5.41, 5.74) is 1.70. The molecule has 0 amide bonds. The molecule has 1 aliphatic heterocycles. The smallest absolute Gasteiger partial charge is 0.210 e. The fourth-order valence-corrected chi connectivity index (χ4v) is 3.31. The Balaban J connectivity index is 1.75. The maximum absolute atomic E-state index is 9.18. The zero-order valence-electron chi connectivity index (χ0n) is 9.45. The minimum absolute atomic E-state index is 0.121. The average Bonchev–Trinajstić information content (AvgIpc) is 2.91. The first-order valence-electron chi connectivity index (χ1n) is 6.17. The van der Waals surface area contributed by atoms with Crippen molar-refractivity contribution in [2.75, 3.05) is 6.54 Å². The molecule has 2 atom stereocenters. The summed E-state index contributed by atoms with van der Waals surface area (Å²) in [6, 6.07) is 3.71. The molecule has 0 bridgehead atoms. The highest BCUT2D eigenvalue weighted by atomic mass is 16.3. The Labute approximate surface area is 95.9 Å². The maximum Gasteiger partial charge on any atom is 0.210 e. The third kappa shape index (κ3) is 1.69. The van der Waals surface area contributed by atoms with E-state index >= 15 is 0 Å². The van der Waals surface area contributed by atoms with Gasteiger partial charge in [0.1, 0.15) is 0 Å². The lowest BCUT2D eigenvalue weighted by Gasteiger charge is -2.23. The minimum atomic E-state index is 0.121. The number of pyridine rings is 1. The van der Waals surface area contributed by atoms with Crippen molar-refractivity contribution in [2.45, 2.75) is 43.6 Å². The average molecular weight is 218 g/mol. The van der Waals surface area contributed by atoms with Gasteiger partial charge >= 0.3 is 0 Å². The van der Waals surface area contributed by atoms with E-state index < -0.39 is 0 Å². The van der Waals surface area contributed by atoms with Gasteiger partial charge in [0.15, 0.2) is 0 Å². The molecule has 1 saturated heterocycles. The number of nitrogens with one attached hydrogen (secondary N) is 1. The molecule has 3 nitrogen and oxygen atoms in total. The fourth-order valence-electron chi connectivity index (χ4n) is 3.31. The molecule has 1 spiro atoms. The normalized spacial score (nSPS) is 33.6. The molecule has 3 heteroatoms. The quantitative estimate of drug-likeness (QED) is 0.759. The molecule has 2 aliphatic rings. The maximum atomic E-state index is 9.18. The second-order valence-electron chi connectivity index (χ2n) is 5.20. The van der Waals surface area contributed by atoms with Crippen LogP contribution in [0.5, 0.6) is 5.88 Å². The fraction of sp³-hybridized carbons (Fsp3) is 0.615. The molecule has 1 saturated carbocycles. The molecule has 1 aromatic rings. The summed E-state index contributed by atoms with van der Waals surface area (Å²) in [6.45, 7) is 1.18. The van der Waals surface area contributed by atoms with Crippen molar-refractivity contribution in [3.05, 3.63) is 23.9 Å². The van der Waals surface area contributed by atoms with Crippen molar-refractivity contribution in [2.24, 2.45) is 0 Å². The standard InChI is InChI=1S/C13H18N2O/c16-12-3-2-11(9-14-12)10-4-6-13(8-10)5-1-7-15-13/h2-3,9-10,15H,1,4-8H2,(H,14,16). The number of hydrogen-bond donors (Lipinski definition) is 2. The lowest BCUT2D eigenvalue weighted by Crippen LogP contribution is -2.36. The molecule has 0 aromatic carbocycles. The van der Waals surface area contributed by atoms with Crippen molar-refractivity contribution in [3.8, 4) is 5.88 Å². The van der Waals surface area contributed by atoms with E-state index in [2.05, 4.69) is 10.3 Å². The lowest BCUT2D eigenvalue weighted by atomic mass is 9.92. The third-order valence-electron chi connectivity index (χ3n) is 4.18. The van der Waals surface area contributed by atoms with Gasteiger partial charge in [-0.15, -0.1) is 0 Å². The highest BCUT2D eigenvalue weighted by Gasteiger charge is 2.41. The summed E-state index contributed by atoms with van der Waals surface area (Å²) in [7, 11) is 0. The van der Waals surface area contributed by atoms with Gasteiger partial charge in [0.25, 0.3) is 0 Å². The van der Waals surface area contributed by atoms with Gasteiger partial charge in [-0.2, -0.15) is 0 Å². The van der Waals surface area contributed by atoms with Crippen LogP contribution in [0.25, 0.3) is 0 Å². The Morgan fingerprint density at radius 2 is 2.31 bits per heavy atom. The largest absolute Gasteiger partial charge is 0.493 e. The summed E-state index contributed by atoms with van der Waals surface area (Å²) in [4.78, 5) is 3.97. The highest BCUT2D eigenvalue weighted by Crippen LogP contribution is 2.44. The van der Waals surface area contributed by atoms with Crippen LogP contribution in [-0.2, 0) is 0 Å². The van der Waals surface area contributed by atoms with Crippen LogP contribution in [0.1, 0.15) is 43.6 Å². The first-order chi connectivity index (χ1) is 7.77. The van der Waals surface area contributed by atoms with Gasteiger partial charge in [-0.3, -0.25) is 0 Å². The molecule has 2 N–H and O–H groups in total. The van der Waals surface area contributed by atoms with Crippen LogP contribution in [0.3, 0.4) is 0 Å². The van der Waals surface area contributed by atoms with E-state index in [0.717, 1.165) is 0 Å². The van der Waals surface area contributed by atoms with Crippen LogP contribution < -0.4 is 5.32 Å². The molecule has 2 fully saturated rings. The molecule has 2 unspecified atom stereocenters. The Morgan fingerprint density at radius 1 is 1.38 bits per heavy atom. The van der Waals surface area contributed by atoms with E-state index in [-0.39, 0.29) is 5.88 Å². The molecule has 2 heterocycles. The minimum Gasteiger partial charge on any atom is -0.493 e. The monoisotopic (exact) mass is 218 g/mol. The first-order valence-corrected chi connectivity index (χ1v) is 6.17. The second-order valence-corrected chi connectivity index (χ2v) is 5.20. The molecule has 1 aliphatic carbocycles. The van der Waals surface area contributed by atoms with E-state index in [4.69, 9.17) is 0 Å². The zero-order chi connectivity index (χ0) is 11.0. The predicted octanol–water partition coefficient (Wildman–Crippen LogP) is 2.18. The Bertz CT molecular complexity index is 368. The van der Waals surface area contributed by atoms with Crippen molar-refractivity contribution in [3.63, 3.8) is 0 Å². The van der Waals surface area contributed by atoms with Gasteiger partial charge in [0.05, 0.1) is 0 Å². The van der Waals surface area contributed by atoms with E-state index in [9.17, 15) is 5.11 Å². The first kappa shape index (κ1) is 10.1. The molecule has 1 aromatic heterocycles. The molecule has 16 heavy (non-hydrogen) atoms. The Kier molecular flexibility index (Phi) is 2.36. The van der Waals surface area contributed by atoms with Gasteiger partial charge in [-0.05, 0) is 50.1 Å². The Hall–Kier alpha value is -1.09. The molecule has 86 valence electrons. The topological polar surface area (TPSA) is 45.1 Å². The SMILES string of the molecule is Oc1ccc(C2CCC3(CCCN3)C2)cn1. The van der Waals surface area contributed by atoms with Gasteiger partial charge in [-0.25, -0.2) is 4.98 Å². The number of rotatable bonds is 1. The summed E-state index contributed by atoms with van der Waals surface area (Å²) in [5.74, 6) is 0.745. The van der Waals surface area contributed by atoms with Crippen molar-refractivity contribution < 1.29 is 5.11 Å². The van der Waals surface area contributed by atoms with Crippen LogP contribution >= 0.6 is 0 Å². The zero-order valence-corrected chi connectivity index (χ0v) is 9.45. The number of aromatic hydroxyl groups is 1. The van der Waals surface area contributed by atoms with Gasteiger partial charge in [0.2, 0.25) is 5.88 Å². The van der Waals surface area contributed by atoms with Crippen molar-refractivity contribution in [1.29, 1.82) is 0 Å². The van der Waals surface area contributed by atoms with E-state index in [1.807, 2.05) is 12.3 Å². The van der Waals surface area contributed by atoms with E-state index in [0.29, 0.717) is 11.5 Å². The lowest BCUT2D eigenvalue weighted by molar-refractivity contribution is 0.383. The van der Waals surface area contributed by atoms with Crippen LogP contribution in [0.15, 0.2) is 18.3 Å². The number of aromatic nitrogens is 1. The molecular formula is C13H18N2O. The molecule has 3 rings (SSSR count). The van der Waals surface area contributed by atoms with Gasteiger partial charge in [0, 0.05) is 17.8 Å². The van der Waals surface area contributed by atoms with E-state index in [1.54, 1.807) is 6.07 Å². The third-order valence-corrected chi connectivity index (χ3v) is 4.18. The Morgan fingerprint density at radius 3 is 3.00 bits per heavy atom. The summed E-state index contributed by atoms with van der Waals surface area (Å²) >= 11 is 0. The summed E-state index contributed by atoms with van der Waals surface area (Å²) < 4.78 is 0. The number of hydrogen-bond acceptors (Lipinski definition) is 3. The molecule has 0 radical (unpaired) electrons. The van der Waals surface area contributed by atoms with Crippen LogP contribution in [0.2, 0.25) is 0 Å². The van der Waals surface area contributed by atoms with Crippen LogP contribution in [0, 0.1) is 0 Å². The van der Waals surface area contributed by atoms with Crippen molar-refractivity contribution in [1.82, 2.24) is 10.3 Å². The van der Waals surface area contributed by atoms with Crippen LogP contribution in [0.4, 0.5) is 0 Å². The second kappa shape index (κ2) is 3.74. The summed E-state index contributed by atoms with van der Waals surface area (Å²) in [6.07, 6.45) is 8.25.